The van der Waals surface area contributed by atoms with Gasteiger partial charge in [0.05, 0.1) is 0 Å². The van der Waals surface area contributed by atoms with Gasteiger partial charge >= 0.3 is 0 Å². The van der Waals surface area contributed by atoms with Crippen molar-refractivity contribution in [2.75, 3.05) is 5.73 Å². The first kappa shape index (κ1) is 7.03. The number of nitrogens with two attached hydrogens (primary N) is 1. The van der Waals surface area contributed by atoms with Gasteiger partial charge in [-0.25, -0.2) is 9.97 Å². The number of rotatable bonds is 1. The third kappa shape index (κ3) is 1.50. The molecule has 1 fully saturated rings. The molecular weight excluding hydrogens is 206 g/mol. The Kier molecular flexibility index (Phi) is 1.56. The van der Waals surface area contributed by atoms with Crippen molar-refractivity contribution in [3.8, 4) is 0 Å². The number of nitrogens with zero attached hydrogens (tertiary/aromatic N) is 2. The Morgan fingerprint density at radius 3 is 2.73 bits per heavy atom. The minimum Gasteiger partial charge on any atom is -0.384 e. The maximum absolute atomic E-state index is 5.54. The van der Waals surface area contributed by atoms with Gasteiger partial charge in [0.15, 0.2) is 0 Å². The van der Waals surface area contributed by atoms with Crippen LogP contribution in [0.3, 0.4) is 0 Å². The smallest absolute Gasteiger partial charge is 0.135 e. The molecule has 0 unspecified atom stereocenters. The molecule has 0 aromatic carbocycles. The summed E-state index contributed by atoms with van der Waals surface area (Å²) in [5, 5.41) is 0. The van der Waals surface area contributed by atoms with Crippen molar-refractivity contribution in [2.24, 2.45) is 0 Å². The number of hydrogen-bond donors (Lipinski definition) is 1. The summed E-state index contributed by atoms with van der Waals surface area (Å²) in [6, 6.07) is 1.71. The first-order valence-electron chi connectivity index (χ1n) is 3.55. The molecule has 1 aliphatic carbocycles. The summed E-state index contributed by atoms with van der Waals surface area (Å²) in [5.41, 5.74) is 5.54. The minimum atomic E-state index is 0.550. The van der Waals surface area contributed by atoms with Crippen LogP contribution < -0.4 is 5.73 Å². The quantitative estimate of drug-likeness (QED) is 0.723. The van der Waals surface area contributed by atoms with Crippen molar-refractivity contribution < 1.29 is 0 Å². The van der Waals surface area contributed by atoms with Crippen molar-refractivity contribution in [1.29, 1.82) is 0 Å². The molecule has 0 spiro atoms. The maximum atomic E-state index is 5.54. The zero-order chi connectivity index (χ0) is 7.84. The molecule has 0 atom stereocenters. The van der Waals surface area contributed by atoms with Crippen LogP contribution >= 0.6 is 15.9 Å². The van der Waals surface area contributed by atoms with Crippen LogP contribution in [-0.2, 0) is 0 Å². The van der Waals surface area contributed by atoms with Gasteiger partial charge < -0.3 is 5.73 Å². The van der Waals surface area contributed by atoms with Crippen LogP contribution in [0.5, 0.6) is 0 Å². The highest BCUT2D eigenvalue weighted by Crippen LogP contribution is 2.38. The molecule has 2 rings (SSSR count). The van der Waals surface area contributed by atoms with Gasteiger partial charge in [-0.05, 0) is 28.8 Å². The molecule has 0 aliphatic heterocycles. The topological polar surface area (TPSA) is 51.8 Å². The van der Waals surface area contributed by atoms with Crippen LogP contribution in [0.2, 0.25) is 0 Å². The second kappa shape index (κ2) is 2.44. The highest BCUT2D eigenvalue weighted by Gasteiger charge is 2.26. The van der Waals surface area contributed by atoms with E-state index in [1.54, 1.807) is 6.07 Å². The fourth-order valence-electron chi connectivity index (χ4n) is 0.977. The van der Waals surface area contributed by atoms with E-state index in [-0.39, 0.29) is 0 Å². The summed E-state index contributed by atoms with van der Waals surface area (Å²) in [4.78, 5) is 8.35. The molecule has 0 radical (unpaired) electrons. The molecule has 4 heteroatoms. The molecule has 2 N–H and O–H groups in total. The molecule has 0 amide bonds. The van der Waals surface area contributed by atoms with E-state index < -0.39 is 0 Å². The molecule has 1 saturated carbocycles. The van der Waals surface area contributed by atoms with Crippen LogP contribution in [-0.4, -0.2) is 9.97 Å². The van der Waals surface area contributed by atoms with E-state index in [1.165, 1.54) is 12.8 Å². The summed E-state index contributed by atoms with van der Waals surface area (Å²) < 4.78 is 0.784. The Bertz CT molecular complexity index is 263. The van der Waals surface area contributed by atoms with E-state index in [9.17, 15) is 0 Å². The van der Waals surface area contributed by atoms with E-state index in [0.29, 0.717) is 11.7 Å². The predicted molar refractivity (Wildman–Crippen MR) is 46.1 cm³/mol. The van der Waals surface area contributed by atoms with E-state index >= 15 is 0 Å². The number of aromatic nitrogens is 2. The zero-order valence-corrected chi connectivity index (χ0v) is 7.50. The Morgan fingerprint density at radius 1 is 1.45 bits per heavy atom. The van der Waals surface area contributed by atoms with Gasteiger partial charge in [-0.3, -0.25) is 0 Å². The molecule has 1 aromatic heterocycles. The van der Waals surface area contributed by atoms with Crippen LogP contribution in [0, 0.1) is 0 Å². The normalized spacial score (nSPS) is 16.8. The molecular formula is C7H8BrN3. The second-order valence-electron chi connectivity index (χ2n) is 2.75. The standard InChI is InChI=1S/C7H8BrN3/c8-5-3-6(9)11-7(10-5)4-1-2-4/h3-4H,1-2H2,(H2,9,10,11). The average molecular weight is 214 g/mol. The van der Waals surface area contributed by atoms with Crippen molar-refractivity contribution in [1.82, 2.24) is 9.97 Å². The van der Waals surface area contributed by atoms with E-state index in [2.05, 4.69) is 25.9 Å². The van der Waals surface area contributed by atoms with Crippen LogP contribution in [0.25, 0.3) is 0 Å². The lowest BCUT2D eigenvalue weighted by atomic mass is 10.4. The number of anilines is 1. The van der Waals surface area contributed by atoms with Gasteiger partial charge in [-0.1, -0.05) is 0 Å². The van der Waals surface area contributed by atoms with Crippen molar-refractivity contribution in [2.45, 2.75) is 18.8 Å². The van der Waals surface area contributed by atoms with Crippen LogP contribution in [0.15, 0.2) is 10.7 Å². The third-order valence-corrected chi connectivity index (χ3v) is 2.08. The van der Waals surface area contributed by atoms with Crippen molar-refractivity contribution in [3.63, 3.8) is 0 Å². The zero-order valence-electron chi connectivity index (χ0n) is 5.92. The average Bonchev–Trinajstić information content (AvgIpc) is 2.64. The van der Waals surface area contributed by atoms with Gasteiger partial charge in [0.1, 0.15) is 16.2 Å². The molecule has 1 aromatic rings. The minimum absolute atomic E-state index is 0.550. The lowest BCUT2D eigenvalue weighted by molar-refractivity contribution is 0.921. The summed E-state index contributed by atoms with van der Waals surface area (Å²) in [5.74, 6) is 2.00. The van der Waals surface area contributed by atoms with Gasteiger partial charge in [0.25, 0.3) is 0 Å². The van der Waals surface area contributed by atoms with Crippen LogP contribution in [0.4, 0.5) is 5.82 Å². The lowest BCUT2D eigenvalue weighted by Crippen LogP contribution is -1.97. The third-order valence-electron chi connectivity index (χ3n) is 1.67. The highest BCUT2D eigenvalue weighted by atomic mass is 79.9. The van der Waals surface area contributed by atoms with Crippen molar-refractivity contribution in [3.05, 3.63) is 16.5 Å². The molecule has 58 valence electrons. The second-order valence-corrected chi connectivity index (χ2v) is 3.56. The van der Waals surface area contributed by atoms with E-state index in [4.69, 9.17) is 5.73 Å². The molecule has 0 saturated heterocycles. The molecule has 0 bridgehead atoms. The van der Waals surface area contributed by atoms with Gasteiger partial charge in [0, 0.05) is 12.0 Å². The summed E-state index contributed by atoms with van der Waals surface area (Å²) in [6.45, 7) is 0. The lowest BCUT2D eigenvalue weighted by Gasteiger charge is -1.98. The molecule has 1 aliphatic rings. The first-order valence-corrected chi connectivity index (χ1v) is 4.35. The summed E-state index contributed by atoms with van der Waals surface area (Å²) >= 11 is 3.28. The Hall–Kier alpha value is -0.640. The highest BCUT2D eigenvalue weighted by molar-refractivity contribution is 9.10. The van der Waals surface area contributed by atoms with Crippen molar-refractivity contribution >= 4 is 21.7 Å². The van der Waals surface area contributed by atoms with Gasteiger partial charge in [-0.2, -0.15) is 0 Å². The monoisotopic (exact) mass is 213 g/mol. The SMILES string of the molecule is Nc1cc(Br)nc(C2CC2)n1. The van der Waals surface area contributed by atoms with Gasteiger partial charge in [-0.15, -0.1) is 0 Å². The van der Waals surface area contributed by atoms with Crippen LogP contribution in [0.1, 0.15) is 24.6 Å². The van der Waals surface area contributed by atoms with E-state index in [1.807, 2.05) is 0 Å². The van der Waals surface area contributed by atoms with E-state index in [0.717, 1.165) is 10.4 Å². The molecule has 11 heavy (non-hydrogen) atoms. The fourth-order valence-corrected chi connectivity index (χ4v) is 1.39. The molecule has 1 heterocycles. The number of halogens is 1. The number of hydrogen-bond acceptors (Lipinski definition) is 3. The molecule has 3 nitrogen and oxygen atoms in total. The first-order chi connectivity index (χ1) is 5.25. The Morgan fingerprint density at radius 2 is 2.18 bits per heavy atom. The summed E-state index contributed by atoms with van der Waals surface area (Å²) in [7, 11) is 0. The predicted octanol–water partition coefficient (Wildman–Crippen LogP) is 1.70. The largest absolute Gasteiger partial charge is 0.384 e. The fraction of sp³-hybridized carbons (Fsp3) is 0.429. The summed E-state index contributed by atoms with van der Waals surface area (Å²) in [6.07, 6.45) is 2.41. The maximum Gasteiger partial charge on any atom is 0.135 e. The van der Waals surface area contributed by atoms with Gasteiger partial charge in [0.2, 0.25) is 0 Å². The Labute approximate surface area is 73.2 Å². The number of nitrogen functional groups attached to an aromatic ring is 1. The Balaban J connectivity index is 2.39.